The highest BCUT2D eigenvalue weighted by Crippen LogP contribution is 2.31. The molecule has 2 aliphatic rings. The van der Waals surface area contributed by atoms with Crippen LogP contribution < -0.4 is 4.74 Å². The fraction of sp³-hybridized carbons (Fsp3) is 0.483. The van der Waals surface area contributed by atoms with E-state index in [1.807, 2.05) is 0 Å². The molecule has 2 fully saturated rings. The Morgan fingerprint density at radius 3 is 2.27 bits per heavy atom. The summed E-state index contributed by atoms with van der Waals surface area (Å²) in [5, 5.41) is 90.5. The van der Waals surface area contributed by atoms with E-state index in [9.17, 15) is 50.8 Å². The van der Waals surface area contributed by atoms with Gasteiger partial charge in [-0.25, -0.2) is 4.79 Å². The van der Waals surface area contributed by atoms with Gasteiger partial charge < -0.3 is 69.6 Å². The summed E-state index contributed by atoms with van der Waals surface area (Å²) < 4.78 is 27.2. The van der Waals surface area contributed by atoms with Crippen molar-refractivity contribution in [3.05, 3.63) is 53.6 Å². The summed E-state index contributed by atoms with van der Waals surface area (Å²) in [5.41, 5.74) is 0.976. The molecular weight excluding hydrogens is 588 g/mol. The zero-order chi connectivity index (χ0) is 32.1. The van der Waals surface area contributed by atoms with E-state index < -0.39 is 74.0 Å². The predicted octanol–water partition coefficient (Wildman–Crippen LogP) is -1.37. The zero-order valence-electron chi connectivity index (χ0n) is 23.5. The number of hydrogen-bond acceptors (Lipinski definition) is 15. The van der Waals surface area contributed by atoms with E-state index in [-0.39, 0.29) is 36.0 Å². The van der Waals surface area contributed by atoms with Gasteiger partial charge in [-0.2, -0.15) is 0 Å². The first-order chi connectivity index (χ1) is 20.9. The Morgan fingerprint density at radius 2 is 1.59 bits per heavy atom. The Kier molecular flexibility index (Phi) is 11.1. The van der Waals surface area contributed by atoms with E-state index in [1.54, 1.807) is 6.07 Å². The Morgan fingerprint density at radius 1 is 0.841 bits per heavy atom. The summed E-state index contributed by atoms with van der Waals surface area (Å²) in [6.45, 7) is 0.696. The highest BCUT2D eigenvalue weighted by Gasteiger charge is 2.50. The summed E-state index contributed by atoms with van der Waals surface area (Å²) in [4.78, 5) is 12.2. The molecule has 15 heteroatoms. The molecular formula is C29H36O15. The first-order valence-corrected chi connectivity index (χ1v) is 13.7. The van der Waals surface area contributed by atoms with Crippen molar-refractivity contribution < 1.29 is 74.4 Å². The quantitative estimate of drug-likeness (QED) is 0.0641. The average Bonchev–Trinajstić information content (AvgIpc) is 2.99. The summed E-state index contributed by atoms with van der Waals surface area (Å²) in [6.07, 6.45) is -11.9. The molecule has 0 spiro atoms. The molecule has 0 saturated carbocycles. The number of phenolic OH excluding ortho intramolecular Hbond substituents is 3. The lowest BCUT2D eigenvalue weighted by atomic mass is 9.97. The molecule has 242 valence electrons. The lowest BCUT2D eigenvalue weighted by Gasteiger charge is -2.45. The van der Waals surface area contributed by atoms with Gasteiger partial charge in [-0.3, -0.25) is 0 Å². The van der Waals surface area contributed by atoms with Crippen LogP contribution in [0.4, 0.5) is 0 Å². The molecule has 0 aromatic heterocycles. The summed E-state index contributed by atoms with van der Waals surface area (Å²) in [5.74, 6) is -1.94. The van der Waals surface area contributed by atoms with E-state index in [1.165, 1.54) is 43.3 Å². The Balaban J connectivity index is 1.32. The van der Waals surface area contributed by atoms with Crippen molar-refractivity contribution in [1.82, 2.24) is 0 Å². The minimum Gasteiger partial charge on any atom is -0.504 e. The maximum atomic E-state index is 12.2. The van der Waals surface area contributed by atoms with E-state index in [0.29, 0.717) is 11.1 Å². The van der Waals surface area contributed by atoms with Gasteiger partial charge in [0, 0.05) is 6.08 Å². The monoisotopic (exact) mass is 624 g/mol. The third-order valence-electron chi connectivity index (χ3n) is 7.24. The van der Waals surface area contributed by atoms with Gasteiger partial charge in [0.1, 0.15) is 42.7 Å². The van der Waals surface area contributed by atoms with Gasteiger partial charge in [-0.15, -0.1) is 0 Å². The molecule has 15 nitrogen and oxygen atoms in total. The van der Waals surface area contributed by atoms with Gasteiger partial charge >= 0.3 is 5.97 Å². The number of aromatic hydroxyl groups is 3. The summed E-state index contributed by atoms with van der Waals surface area (Å²) in [7, 11) is 0. The average molecular weight is 625 g/mol. The molecule has 44 heavy (non-hydrogen) atoms. The summed E-state index contributed by atoms with van der Waals surface area (Å²) >= 11 is 0. The van der Waals surface area contributed by atoms with Crippen molar-refractivity contribution in [2.75, 3.05) is 13.2 Å². The van der Waals surface area contributed by atoms with Crippen LogP contribution in [-0.2, 0) is 30.2 Å². The smallest absolute Gasteiger partial charge is 0.336 e. The van der Waals surface area contributed by atoms with Gasteiger partial charge in [-0.05, 0) is 54.8 Å². The Bertz CT molecular complexity index is 1300. The van der Waals surface area contributed by atoms with Crippen LogP contribution in [0.2, 0.25) is 0 Å². The number of esters is 1. The molecule has 2 aliphatic heterocycles. The minimum atomic E-state index is -1.70. The second kappa shape index (κ2) is 14.6. The molecule has 0 radical (unpaired) electrons. The number of carbonyl (C=O) groups is 1. The molecule has 0 aliphatic carbocycles. The van der Waals surface area contributed by atoms with Crippen LogP contribution >= 0.6 is 0 Å². The van der Waals surface area contributed by atoms with Crippen molar-refractivity contribution in [2.24, 2.45) is 0 Å². The predicted molar refractivity (Wildman–Crippen MR) is 147 cm³/mol. The Hall–Kier alpha value is -3.35. The molecule has 2 heterocycles. The molecule has 4 rings (SSSR count). The number of aliphatic hydroxyl groups excluding tert-OH is 6. The third-order valence-corrected chi connectivity index (χ3v) is 7.24. The second-order valence-electron chi connectivity index (χ2n) is 10.4. The van der Waals surface area contributed by atoms with Gasteiger partial charge in [0.2, 0.25) is 0 Å². The van der Waals surface area contributed by atoms with Gasteiger partial charge in [-0.1, -0.05) is 12.1 Å². The normalized spacial score (nSPS) is 32.5. The van der Waals surface area contributed by atoms with E-state index in [4.69, 9.17) is 23.7 Å². The lowest BCUT2D eigenvalue weighted by Crippen LogP contribution is -2.64. The van der Waals surface area contributed by atoms with Crippen molar-refractivity contribution >= 4 is 12.0 Å². The number of rotatable bonds is 10. The maximum absolute atomic E-state index is 12.2. The van der Waals surface area contributed by atoms with Crippen LogP contribution in [0.3, 0.4) is 0 Å². The largest absolute Gasteiger partial charge is 0.504 e. The molecule has 10 atom stereocenters. The van der Waals surface area contributed by atoms with Crippen LogP contribution in [0.15, 0.2) is 42.5 Å². The fourth-order valence-electron chi connectivity index (χ4n) is 4.68. The van der Waals surface area contributed by atoms with E-state index in [0.717, 1.165) is 6.08 Å². The lowest BCUT2D eigenvalue weighted by molar-refractivity contribution is -0.357. The van der Waals surface area contributed by atoms with E-state index >= 15 is 0 Å². The van der Waals surface area contributed by atoms with Crippen LogP contribution in [0.5, 0.6) is 23.0 Å². The molecule has 10 unspecified atom stereocenters. The third kappa shape index (κ3) is 7.83. The van der Waals surface area contributed by atoms with Gasteiger partial charge in [0.05, 0.1) is 19.3 Å². The number of hydrogen-bond donors (Lipinski definition) is 9. The number of ether oxygens (including phenoxy) is 5. The molecule has 2 aromatic carbocycles. The minimum absolute atomic E-state index is 0.0754. The van der Waals surface area contributed by atoms with Gasteiger partial charge in [0.15, 0.2) is 35.6 Å². The maximum Gasteiger partial charge on any atom is 0.336 e. The first-order valence-electron chi connectivity index (χ1n) is 13.7. The van der Waals surface area contributed by atoms with Crippen LogP contribution in [0, 0.1) is 0 Å². The van der Waals surface area contributed by atoms with E-state index in [2.05, 4.69) is 0 Å². The Labute approximate surface area is 251 Å². The molecule has 0 bridgehead atoms. The van der Waals surface area contributed by atoms with Gasteiger partial charge in [0.25, 0.3) is 0 Å². The number of phenols is 3. The first kappa shape index (κ1) is 33.5. The van der Waals surface area contributed by atoms with Crippen molar-refractivity contribution in [3.8, 4) is 23.0 Å². The number of carbonyl (C=O) groups excluding carboxylic acids is 1. The second-order valence-corrected chi connectivity index (χ2v) is 10.4. The molecule has 2 aromatic rings. The molecule has 2 saturated heterocycles. The molecule has 9 N–H and O–H groups in total. The number of aliphatic hydroxyl groups is 6. The molecule has 0 amide bonds. The number of benzene rings is 2. The standard InChI is InChI=1S/C29H36O15/c1-13-22(35)24(37)25(38)29(41-13)44-27-23(36)20(12-30)43-28(26(27)39)40-9-8-15-3-6-19(18(33)11-15)42-21(34)7-4-14-2-5-16(31)17(32)10-14/h2-7,10-11,13,20,22-33,35-39H,8-9,12H2,1H3. The van der Waals surface area contributed by atoms with Crippen LogP contribution in [0.25, 0.3) is 6.08 Å². The SMILES string of the molecule is CC1OC(OC2C(O)C(CO)OC(OCCc3ccc(OC(=O)C=Cc4ccc(O)c(O)c4)c(O)c3)C2O)C(O)C(O)C1O. The van der Waals surface area contributed by atoms with Crippen molar-refractivity contribution in [3.63, 3.8) is 0 Å². The summed E-state index contributed by atoms with van der Waals surface area (Å²) in [6, 6.07) is 8.22. The highest BCUT2D eigenvalue weighted by atomic mass is 16.7. The van der Waals surface area contributed by atoms with Crippen LogP contribution in [0.1, 0.15) is 18.1 Å². The van der Waals surface area contributed by atoms with Crippen molar-refractivity contribution in [1.29, 1.82) is 0 Å². The zero-order valence-corrected chi connectivity index (χ0v) is 23.5. The van der Waals surface area contributed by atoms with Crippen LogP contribution in [-0.4, -0.2) is 127 Å². The fourth-order valence-corrected chi connectivity index (χ4v) is 4.68. The highest BCUT2D eigenvalue weighted by molar-refractivity contribution is 5.89. The van der Waals surface area contributed by atoms with Crippen molar-refractivity contribution in [2.45, 2.75) is 74.8 Å². The topological polar surface area (TPSA) is 245 Å².